The van der Waals surface area contributed by atoms with Crippen molar-refractivity contribution >= 4 is 17.5 Å². The van der Waals surface area contributed by atoms with Crippen LogP contribution in [0.25, 0.3) is 0 Å². The zero-order chi connectivity index (χ0) is 20.0. The number of amides is 2. The van der Waals surface area contributed by atoms with Gasteiger partial charge in [0.2, 0.25) is 5.91 Å². The minimum absolute atomic E-state index is 0.0280. The largest absolute Gasteiger partial charge is 0.352 e. The Kier molecular flexibility index (Phi) is 6.53. The van der Waals surface area contributed by atoms with Crippen molar-refractivity contribution in [3.05, 3.63) is 75.3 Å². The van der Waals surface area contributed by atoms with Crippen molar-refractivity contribution in [2.24, 2.45) is 0 Å². The van der Waals surface area contributed by atoms with Gasteiger partial charge in [-0.2, -0.15) is 0 Å². The lowest BCUT2D eigenvalue weighted by Crippen LogP contribution is -2.32. The number of rotatable bonds is 7. The highest BCUT2D eigenvalue weighted by Gasteiger charge is 2.15. The van der Waals surface area contributed by atoms with Crippen LogP contribution in [0.1, 0.15) is 35.3 Å². The van der Waals surface area contributed by atoms with E-state index in [1.807, 2.05) is 0 Å². The van der Waals surface area contributed by atoms with Crippen LogP contribution in [-0.2, 0) is 4.79 Å². The minimum atomic E-state index is -0.755. The van der Waals surface area contributed by atoms with E-state index < -0.39 is 34.4 Å². The molecule has 0 spiro atoms. The molecule has 0 unspecified atom stereocenters. The van der Waals surface area contributed by atoms with Gasteiger partial charge < -0.3 is 10.6 Å². The van der Waals surface area contributed by atoms with E-state index in [4.69, 9.17) is 0 Å². The summed E-state index contributed by atoms with van der Waals surface area (Å²) in [5.41, 5.74) is 0.246. The van der Waals surface area contributed by atoms with E-state index in [9.17, 15) is 28.5 Å². The summed E-state index contributed by atoms with van der Waals surface area (Å²) in [6, 6.07) is 7.48. The van der Waals surface area contributed by atoms with Gasteiger partial charge in [0.1, 0.15) is 11.6 Å². The van der Waals surface area contributed by atoms with Gasteiger partial charge in [0.05, 0.1) is 11.0 Å². The van der Waals surface area contributed by atoms with Crippen LogP contribution in [0.4, 0.5) is 14.5 Å². The van der Waals surface area contributed by atoms with Crippen LogP contribution in [0.2, 0.25) is 0 Å². The third kappa shape index (κ3) is 5.56. The van der Waals surface area contributed by atoms with Crippen molar-refractivity contribution in [3.8, 4) is 0 Å². The highest BCUT2D eigenvalue weighted by molar-refractivity contribution is 5.94. The zero-order valence-electron chi connectivity index (χ0n) is 14.4. The molecule has 0 fully saturated rings. The molecule has 2 aromatic carbocycles. The summed E-state index contributed by atoms with van der Waals surface area (Å²) in [7, 11) is 0. The first-order chi connectivity index (χ1) is 12.8. The maximum atomic E-state index is 13.7. The van der Waals surface area contributed by atoms with Crippen LogP contribution in [0.3, 0.4) is 0 Å². The smallest absolute Gasteiger partial charge is 0.269 e. The maximum Gasteiger partial charge on any atom is 0.269 e. The second-order valence-electron chi connectivity index (χ2n) is 5.76. The van der Waals surface area contributed by atoms with E-state index in [0.717, 1.165) is 12.1 Å². The molecule has 0 saturated heterocycles. The summed E-state index contributed by atoms with van der Waals surface area (Å²) in [5, 5.41) is 15.7. The van der Waals surface area contributed by atoms with Gasteiger partial charge in [0, 0.05) is 42.3 Å². The molecule has 0 bridgehead atoms. The van der Waals surface area contributed by atoms with Crippen molar-refractivity contribution in [1.82, 2.24) is 10.6 Å². The van der Waals surface area contributed by atoms with Crippen LogP contribution in [0.5, 0.6) is 0 Å². The summed E-state index contributed by atoms with van der Waals surface area (Å²) in [6.07, 6.45) is -0.0497. The summed E-state index contributed by atoms with van der Waals surface area (Å²) in [4.78, 5) is 33.8. The van der Waals surface area contributed by atoms with Crippen molar-refractivity contribution < 1.29 is 23.3 Å². The van der Waals surface area contributed by atoms with Crippen LogP contribution in [0, 0.1) is 21.7 Å². The molecule has 0 radical (unpaired) electrons. The van der Waals surface area contributed by atoms with Crippen LogP contribution < -0.4 is 10.6 Å². The van der Waals surface area contributed by atoms with Crippen molar-refractivity contribution in [1.29, 1.82) is 0 Å². The molecule has 27 heavy (non-hydrogen) atoms. The van der Waals surface area contributed by atoms with Gasteiger partial charge in [-0.05, 0) is 25.1 Å². The Bertz CT molecular complexity index is 856. The Balaban J connectivity index is 1.81. The normalized spacial score (nSPS) is 11.5. The molecule has 0 aliphatic rings. The molecule has 9 heteroatoms. The van der Waals surface area contributed by atoms with Gasteiger partial charge in [-0.15, -0.1) is 0 Å². The monoisotopic (exact) mass is 377 g/mol. The van der Waals surface area contributed by atoms with Crippen LogP contribution in [0.15, 0.2) is 42.5 Å². The number of nitro groups is 1. The van der Waals surface area contributed by atoms with Crippen LogP contribution >= 0.6 is 0 Å². The quantitative estimate of drug-likeness (QED) is 0.572. The molecule has 2 rings (SSSR count). The van der Waals surface area contributed by atoms with Crippen LogP contribution in [-0.4, -0.2) is 23.3 Å². The molecule has 142 valence electrons. The molecular formula is C18H17F2N3O4. The molecule has 2 N–H and O–H groups in total. The first kappa shape index (κ1) is 20.0. The molecular weight excluding hydrogens is 360 g/mol. The summed E-state index contributed by atoms with van der Waals surface area (Å²) < 4.78 is 26.6. The zero-order valence-corrected chi connectivity index (χ0v) is 14.4. The van der Waals surface area contributed by atoms with Crippen molar-refractivity contribution in [3.63, 3.8) is 0 Å². The Morgan fingerprint density at radius 3 is 2.41 bits per heavy atom. The lowest BCUT2D eigenvalue weighted by Gasteiger charge is -2.15. The van der Waals surface area contributed by atoms with Crippen molar-refractivity contribution in [2.45, 2.75) is 19.4 Å². The van der Waals surface area contributed by atoms with Gasteiger partial charge >= 0.3 is 0 Å². The van der Waals surface area contributed by atoms with E-state index in [-0.39, 0.29) is 29.8 Å². The highest BCUT2D eigenvalue weighted by atomic mass is 19.1. The number of hydrogen-bond donors (Lipinski definition) is 2. The fraction of sp³-hybridized carbons (Fsp3) is 0.222. The Labute approximate surface area is 153 Å². The Morgan fingerprint density at radius 1 is 1.15 bits per heavy atom. The lowest BCUT2D eigenvalue weighted by atomic mass is 10.1. The van der Waals surface area contributed by atoms with Crippen molar-refractivity contribution in [2.75, 3.05) is 6.54 Å². The molecule has 0 saturated carbocycles. The molecule has 0 aromatic heterocycles. The predicted molar refractivity (Wildman–Crippen MR) is 93.0 cm³/mol. The number of carbonyl (C=O) groups excluding carboxylic acids is 2. The van der Waals surface area contributed by atoms with E-state index in [1.54, 1.807) is 6.92 Å². The van der Waals surface area contributed by atoms with Gasteiger partial charge in [0.15, 0.2) is 0 Å². The number of nitrogens with zero attached hydrogens (tertiary/aromatic N) is 1. The highest BCUT2D eigenvalue weighted by Crippen LogP contribution is 2.17. The lowest BCUT2D eigenvalue weighted by molar-refractivity contribution is -0.384. The second-order valence-corrected chi connectivity index (χ2v) is 5.76. The van der Waals surface area contributed by atoms with Gasteiger partial charge in [-0.25, -0.2) is 8.78 Å². The number of nitro benzene ring substituents is 1. The second kappa shape index (κ2) is 8.84. The molecule has 0 aliphatic heterocycles. The van der Waals surface area contributed by atoms with Gasteiger partial charge in [-0.3, -0.25) is 19.7 Å². The number of hydrogen-bond acceptors (Lipinski definition) is 4. The van der Waals surface area contributed by atoms with E-state index in [1.165, 1.54) is 30.3 Å². The average molecular weight is 377 g/mol. The SMILES string of the molecule is C[C@@H](NC(=O)CCNC(=O)c1ccc([N+](=O)[O-])cc1)c1ccc(F)cc1F. The molecule has 7 nitrogen and oxygen atoms in total. The fourth-order valence-corrected chi connectivity index (χ4v) is 2.37. The van der Waals surface area contributed by atoms with E-state index in [2.05, 4.69) is 10.6 Å². The summed E-state index contributed by atoms with van der Waals surface area (Å²) >= 11 is 0. The maximum absolute atomic E-state index is 13.7. The predicted octanol–water partition coefficient (Wildman–Crippen LogP) is 2.87. The third-order valence-corrected chi connectivity index (χ3v) is 3.78. The van der Waals surface area contributed by atoms with E-state index in [0.29, 0.717) is 0 Å². The number of benzene rings is 2. The molecule has 1 atom stereocenters. The topological polar surface area (TPSA) is 101 Å². The molecule has 0 aliphatic carbocycles. The summed E-state index contributed by atoms with van der Waals surface area (Å²) in [6.45, 7) is 1.59. The molecule has 0 heterocycles. The fourth-order valence-electron chi connectivity index (χ4n) is 2.37. The van der Waals surface area contributed by atoms with E-state index >= 15 is 0 Å². The number of non-ortho nitro benzene ring substituents is 1. The molecule has 2 amide bonds. The Hall–Kier alpha value is -3.36. The summed E-state index contributed by atoms with van der Waals surface area (Å²) in [5.74, 6) is -2.36. The minimum Gasteiger partial charge on any atom is -0.352 e. The number of nitrogens with one attached hydrogen (secondary N) is 2. The number of carbonyl (C=O) groups is 2. The van der Waals surface area contributed by atoms with Gasteiger partial charge in [0.25, 0.3) is 11.6 Å². The molecule has 2 aromatic rings. The average Bonchev–Trinajstić information content (AvgIpc) is 2.61. The Morgan fingerprint density at radius 2 is 1.81 bits per heavy atom. The van der Waals surface area contributed by atoms with Gasteiger partial charge in [-0.1, -0.05) is 6.07 Å². The number of halogens is 2. The third-order valence-electron chi connectivity index (χ3n) is 3.78. The first-order valence-corrected chi connectivity index (χ1v) is 8.05. The first-order valence-electron chi connectivity index (χ1n) is 8.05. The standard InChI is InChI=1S/C18H17F2N3O4/c1-11(15-7-4-13(19)10-16(15)20)22-17(24)8-9-21-18(25)12-2-5-14(6-3-12)23(26)27/h2-7,10-11H,8-9H2,1H3,(H,21,25)(H,22,24)/t11-/m1/s1.